The van der Waals surface area contributed by atoms with E-state index in [1.54, 1.807) is 20.8 Å². The molecule has 10 nitrogen and oxygen atoms in total. The zero-order valence-electron chi connectivity index (χ0n) is 13.8. The fourth-order valence-corrected chi connectivity index (χ4v) is 2.22. The molecule has 23 heavy (non-hydrogen) atoms. The number of nitrogens with one attached hydrogen (secondary N) is 1. The summed E-state index contributed by atoms with van der Waals surface area (Å²) in [5.74, 6) is -0.642. The predicted octanol–water partition coefficient (Wildman–Crippen LogP) is 1.15. The van der Waals surface area contributed by atoms with E-state index in [2.05, 4.69) is 20.1 Å². The van der Waals surface area contributed by atoms with Gasteiger partial charge in [0.05, 0.1) is 25.8 Å². The third-order valence-corrected chi connectivity index (χ3v) is 3.09. The van der Waals surface area contributed by atoms with Crippen molar-refractivity contribution in [1.82, 2.24) is 5.32 Å². The lowest BCUT2D eigenvalue weighted by atomic mass is 10.0. The van der Waals surface area contributed by atoms with Crippen LogP contribution in [0.3, 0.4) is 0 Å². The van der Waals surface area contributed by atoms with Gasteiger partial charge in [0.2, 0.25) is 0 Å². The second kappa shape index (κ2) is 8.00. The zero-order valence-corrected chi connectivity index (χ0v) is 13.8. The molecule has 130 valence electrons. The highest BCUT2D eigenvalue weighted by Gasteiger charge is 2.49. The number of alkyl carbamates (subject to hydrolysis) is 1. The second-order valence-corrected chi connectivity index (χ2v) is 5.90. The Bertz CT molecular complexity index is 485. The number of hydrogen-bond acceptors (Lipinski definition) is 7. The molecule has 1 heterocycles. The maximum absolute atomic E-state index is 12.0. The smallest absolute Gasteiger partial charge is 0.408 e. The van der Waals surface area contributed by atoms with Crippen LogP contribution in [0.5, 0.6) is 0 Å². The van der Waals surface area contributed by atoms with Crippen LogP contribution in [0.4, 0.5) is 4.79 Å². The number of esters is 1. The number of carbonyl (C=O) groups is 2. The Labute approximate surface area is 134 Å². The second-order valence-electron chi connectivity index (χ2n) is 5.90. The highest BCUT2D eigenvalue weighted by atomic mass is 16.6. The summed E-state index contributed by atoms with van der Waals surface area (Å²) in [6.45, 7) is 5.09. The van der Waals surface area contributed by atoms with Gasteiger partial charge < -0.3 is 24.3 Å². The van der Waals surface area contributed by atoms with Crippen molar-refractivity contribution in [2.24, 2.45) is 5.11 Å². The van der Waals surface area contributed by atoms with E-state index < -0.39 is 42.0 Å². The van der Waals surface area contributed by atoms with Gasteiger partial charge in [-0.15, -0.1) is 0 Å². The minimum Gasteiger partial charge on any atom is -0.467 e. The number of rotatable bonds is 5. The topological polar surface area (TPSA) is 132 Å². The van der Waals surface area contributed by atoms with Crippen molar-refractivity contribution in [3.63, 3.8) is 0 Å². The monoisotopic (exact) mass is 330 g/mol. The highest BCUT2D eigenvalue weighted by Crippen LogP contribution is 2.25. The average molecular weight is 330 g/mol. The molecule has 0 unspecified atom stereocenters. The zero-order chi connectivity index (χ0) is 17.6. The summed E-state index contributed by atoms with van der Waals surface area (Å²) in [7, 11) is 2.60. The third kappa shape index (κ3) is 5.27. The quantitative estimate of drug-likeness (QED) is 0.348. The summed E-state index contributed by atoms with van der Waals surface area (Å²) >= 11 is 0. The molecule has 10 heteroatoms. The van der Waals surface area contributed by atoms with Crippen LogP contribution in [-0.4, -0.2) is 62.8 Å². The Kier molecular flexibility index (Phi) is 6.62. The molecule has 0 aliphatic carbocycles. The molecule has 1 rings (SSSR count). The van der Waals surface area contributed by atoms with Gasteiger partial charge in [-0.05, 0) is 26.3 Å². The van der Waals surface area contributed by atoms with Crippen LogP contribution in [0.25, 0.3) is 10.4 Å². The van der Waals surface area contributed by atoms with Gasteiger partial charge >= 0.3 is 12.1 Å². The summed E-state index contributed by atoms with van der Waals surface area (Å²) in [5, 5.41) is 6.03. The Morgan fingerprint density at radius 2 is 2.00 bits per heavy atom. The van der Waals surface area contributed by atoms with E-state index in [1.807, 2.05) is 0 Å². The first-order chi connectivity index (χ1) is 10.7. The van der Waals surface area contributed by atoms with Crippen LogP contribution in [0.1, 0.15) is 20.8 Å². The molecule has 0 radical (unpaired) electrons. The molecule has 0 bridgehead atoms. The van der Waals surface area contributed by atoms with Gasteiger partial charge in [-0.25, -0.2) is 9.59 Å². The van der Waals surface area contributed by atoms with Crippen molar-refractivity contribution in [2.75, 3.05) is 20.8 Å². The largest absolute Gasteiger partial charge is 0.467 e. The Morgan fingerprint density at radius 1 is 1.35 bits per heavy atom. The van der Waals surface area contributed by atoms with Gasteiger partial charge in [0.25, 0.3) is 0 Å². The molecule has 1 aliphatic heterocycles. The molecule has 1 N–H and O–H groups in total. The van der Waals surface area contributed by atoms with E-state index in [0.717, 1.165) is 0 Å². The Morgan fingerprint density at radius 3 is 2.48 bits per heavy atom. The van der Waals surface area contributed by atoms with Gasteiger partial charge in [0.15, 0.2) is 6.10 Å². The van der Waals surface area contributed by atoms with Crippen LogP contribution >= 0.6 is 0 Å². The van der Waals surface area contributed by atoms with E-state index in [0.29, 0.717) is 0 Å². The minimum absolute atomic E-state index is 0.0790. The maximum Gasteiger partial charge on any atom is 0.408 e. The number of hydrogen-bond donors (Lipinski definition) is 1. The lowest BCUT2D eigenvalue weighted by molar-refractivity contribution is -0.157. The fraction of sp³-hybridized carbons (Fsp3) is 0.846. The molecule has 0 spiro atoms. The molecule has 0 aromatic rings. The van der Waals surface area contributed by atoms with E-state index >= 15 is 0 Å². The molecule has 0 aromatic heterocycles. The number of amides is 1. The molecule has 4 atom stereocenters. The van der Waals surface area contributed by atoms with Gasteiger partial charge in [-0.2, -0.15) is 0 Å². The van der Waals surface area contributed by atoms with Crippen molar-refractivity contribution < 1.29 is 28.5 Å². The molecule has 1 amide bonds. The molecule has 1 saturated heterocycles. The molecule has 0 saturated carbocycles. The van der Waals surface area contributed by atoms with Crippen LogP contribution in [-0.2, 0) is 23.7 Å². The number of azide groups is 1. The number of ether oxygens (including phenoxy) is 4. The SMILES string of the molecule is COC(=O)[C@H]1O[C@H](CN=[N+]=[N-])[C@@H](NC(=O)OC(C)(C)C)[C@H]1OC. The molecule has 1 fully saturated rings. The summed E-state index contributed by atoms with van der Waals surface area (Å²) in [4.78, 5) is 26.4. The van der Waals surface area contributed by atoms with Gasteiger partial charge in [0, 0.05) is 12.0 Å². The van der Waals surface area contributed by atoms with E-state index in [1.165, 1.54) is 14.2 Å². The molecular formula is C13H22N4O6. The highest BCUT2D eigenvalue weighted by molar-refractivity contribution is 5.76. The van der Waals surface area contributed by atoms with Gasteiger partial charge in [-0.3, -0.25) is 0 Å². The van der Waals surface area contributed by atoms with Crippen molar-refractivity contribution in [3.8, 4) is 0 Å². The summed E-state index contributed by atoms with van der Waals surface area (Å²) in [6, 6.07) is -0.732. The van der Waals surface area contributed by atoms with E-state index in [4.69, 9.17) is 19.7 Å². The van der Waals surface area contributed by atoms with E-state index in [-0.39, 0.29) is 6.54 Å². The number of nitrogens with zero attached hydrogens (tertiary/aromatic N) is 3. The molecular weight excluding hydrogens is 308 g/mol. The summed E-state index contributed by atoms with van der Waals surface area (Å²) < 4.78 is 20.6. The first kappa shape index (κ1) is 19.0. The minimum atomic E-state index is -1.04. The third-order valence-electron chi connectivity index (χ3n) is 3.09. The first-order valence-corrected chi connectivity index (χ1v) is 7.00. The average Bonchev–Trinajstić information content (AvgIpc) is 2.79. The van der Waals surface area contributed by atoms with Crippen LogP contribution in [0.2, 0.25) is 0 Å². The Hall–Kier alpha value is -2.03. The van der Waals surface area contributed by atoms with Gasteiger partial charge in [0.1, 0.15) is 11.7 Å². The lowest BCUT2D eigenvalue weighted by Crippen LogP contribution is -2.51. The van der Waals surface area contributed by atoms with Crippen LogP contribution in [0, 0.1) is 0 Å². The standard InChI is InChI=1S/C13H22N4O6/c1-13(2,3)23-12(19)16-8-7(6-15-17-14)22-10(9(8)20-4)11(18)21-5/h7-10H,6H2,1-5H3,(H,16,19)/t7-,8-,9-,10+/m1/s1. The van der Waals surface area contributed by atoms with Crippen molar-refractivity contribution in [3.05, 3.63) is 10.4 Å². The molecule has 0 aromatic carbocycles. The van der Waals surface area contributed by atoms with Crippen LogP contribution in [0.15, 0.2) is 5.11 Å². The van der Waals surface area contributed by atoms with Gasteiger partial charge in [-0.1, -0.05) is 5.11 Å². The van der Waals surface area contributed by atoms with Crippen molar-refractivity contribution >= 4 is 12.1 Å². The summed E-state index contributed by atoms with van der Waals surface area (Å²) in [5.41, 5.74) is 7.77. The number of methoxy groups -OCH3 is 2. The lowest BCUT2D eigenvalue weighted by Gasteiger charge is -2.26. The Balaban J connectivity index is 2.93. The first-order valence-electron chi connectivity index (χ1n) is 7.00. The van der Waals surface area contributed by atoms with Crippen LogP contribution < -0.4 is 5.32 Å². The van der Waals surface area contributed by atoms with Crippen molar-refractivity contribution in [2.45, 2.75) is 50.7 Å². The van der Waals surface area contributed by atoms with E-state index in [9.17, 15) is 9.59 Å². The number of carbonyl (C=O) groups excluding carboxylic acids is 2. The summed E-state index contributed by atoms with van der Waals surface area (Å²) in [6.07, 6.45) is -3.27. The predicted molar refractivity (Wildman–Crippen MR) is 78.6 cm³/mol. The normalized spacial score (nSPS) is 27.0. The van der Waals surface area contributed by atoms with Crippen molar-refractivity contribution in [1.29, 1.82) is 0 Å². The maximum atomic E-state index is 12.0. The fourth-order valence-electron chi connectivity index (χ4n) is 2.22. The molecule has 1 aliphatic rings.